The van der Waals surface area contributed by atoms with E-state index in [-0.39, 0.29) is 11.9 Å². The highest BCUT2D eigenvalue weighted by Gasteiger charge is 2.28. The van der Waals surface area contributed by atoms with Crippen LogP contribution in [0.4, 0.5) is 6.01 Å². The second-order valence-electron chi connectivity index (χ2n) is 8.08. The number of aryl methyl sites for hydroxylation is 2. The molecule has 1 aliphatic heterocycles. The second kappa shape index (κ2) is 9.23. The fourth-order valence-electron chi connectivity index (χ4n) is 4.54. The van der Waals surface area contributed by atoms with Gasteiger partial charge in [-0.25, -0.2) is 0 Å². The monoisotopic (exact) mass is 429 g/mol. The topological polar surface area (TPSA) is 109 Å². The molecular weight excluding hydrogens is 402 g/mol. The molecule has 0 radical (unpaired) electrons. The van der Waals surface area contributed by atoms with Gasteiger partial charge in [-0.3, -0.25) is 4.79 Å². The molecule has 1 aromatic heterocycles. The maximum absolute atomic E-state index is 13.5. The first kappa shape index (κ1) is 21.6. The maximum Gasteiger partial charge on any atom is 0.313 e. The standard InChI is InChI=1S/C25H27N5O2/c1-3-16-13-17(4-2)22(14-21(16)23-28-29-25(27)32-23)24(31)30-11-9-18(10-12-30)20-8-6-5-7-19(20)15-26/h5-8,13-14,18H,3-4,9-12H2,1-2H3,(H2,27,29). The van der Waals surface area contributed by atoms with Crippen LogP contribution in [-0.2, 0) is 12.8 Å². The highest BCUT2D eigenvalue weighted by molar-refractivity contribution is 5.97. The van der Waals surface area contributed by atoms with Crippen LogP contribution in [0.5, 0.6) is 0 Å². The van der Waals surface area contributed by atoms with Crippen LogP contribution in [0.15, 0.2) is 40.8 Å². The van der Waals surface area contributed by atoms with Crippen molar-refractivity contribution >= 4 is 11.9 Å². The van der Waals surface area contributed by atoms with Crippen molar-refractivity contribution in [2.75, 3.05) is 18.8 Å². The van der Waals surface area contributed by atoms with Crippen LogP contribution in [0, 0.1) is 11.3 Å². The Hall–Kier alpha value is -3.66. The van der Waals surface area contributed by atoms with Gasteiger partial charge in [0.05, 0.1) is 11.6 Å². The number of benzene rings is 2. The second-order valence-corrected chi connectivity index (χ2v) is 8.08. The van der Waals surface area contributed by atoms with Crippen LogP contribution in [0.25, 0.3) is 11.5 Å². The summed E-state index contributed by atoms with van der Waals surface area (Å²) in [5.74, 6) is 0.646. The molecule has 0 saturated carbocycles. The SMILES string of the molecule is CCc1cc(CC)c(-c2nnc(N)o2)cc1C(=O)N1CCC(c2ccccc2C#N)CC1. The number of carbonyl (C=O) groups is 1. The third-order valence-corrected chi connectivity index (χ3v) is 6.30. The maximum atomic E-state index is 13.5. The Morgan fingerprint density at radius 2 is 1.88 bits per heavy atom. The van der Waals surface area contributed by atoms with E-state index in [4.69, 9.17) is 10.2 Å². The summed E-state index contributed by atoms with van der Waals surface area (Å²) in [5, 5.41) is 17.2. The van der Waals surface area contributed by atoms with Gasteiger partial charge < -0.3 is 15.1 Å². The molecule has 4 rings (SSSR count). The molecule has 0 spiro atoms. The Bertz CT molecular complexity index is 1170. The van der Waals surface area contributed by atoms with Crippen molar-refractivity contribution in [3.63, 3.8) is 0 Å². The number of likely N-dealkylation sites (tertiary alicyclic amines) is 1. The van der Waals surface area contributed by atoms with Crippen LogP contribution >= 0.6 is 0 Å². The smallest absolute Gasteiger partial charge is 0.313 e. The van der Waals surface area contributed by atoms with Gasteiger partial charge in [0, 0.05) is 24.2 Å². The molecule has 3 aromatic rings. The number of anilines is 1. The molecule has 2 N–H and O–H groups in total. The van der Waals surface area contributed by atoms with Crippen molar-refractivity contribution < 1.29 is 9.21 Å². The van der Waals surface area contributed by atoms with Gasteiger partial charge in [-0.05, 0) is 60.4 Å². The molecule has 1 amide bonds. The molecule has 1 aliphatic rings. The summed E-state index contributed by atoms with van der Waals surface area (Å²) < 4.78 is 5.45. The van der Waals surface area contributed by atoms with Gasteiger partial charge >= 0.3 is 6.01 Å². The van der Waals surface area contributed by atoms with Crippen molar-refractivity contribution in [1.82, 2.24) is 15.1 Å². The molecule has 1 fully saturated rings. The van der Waals surface area contributed by atoms with E-state index in [1.54, 1.807) is 0 Å². The fraction of sp³-hybridized carbons (Fsp3) is 0.360. The van der Waals surface area contributed by atoms with Gasteiger partial charge in [-0.15, -0.1) is 5.10 Å². The third-order valence-electron chi connectivity index (χ3n) is 6.30. The minimum Gasteiger partial charge on any atom is -0.404 e. The zero-order valence-corrected chi connectivity index (χ0v) is 18.5. The summed E-state index contributed by atoms with van der Waals surface area (Å²) >= 11 is 0. The highest BCUT2D eigenvalue weighted by Crippen LogP contribution is 2.32. The normalized spacial score (nSPS) is 14.3. The van der Waals surface area contributed by atoms with Gasteiger partial charge in [-0.1, -0.05) is 43.2 Å². The average molecular weight is 430 g/mol. The van der Waals surface area contributed by atoms with Crippen LogP contribution in [0.1, 0.15) is 65.2 Å². The molecule has 0 bridgehead atoms. The molecule has 164 valence electrons. The Morgan fingerprint density at radius 1 is 1.16 bits per heavy atom. The van der Waals surface area contributed by atoms with Crippen LogP contribution in [0.3, 0.4) is 0 Å². The summed E-state index contributed by atoms with van der Waals surface area (Å²) in [6.07, 6.45) is 3.22. The summed E-state index contributed by atoms with van der Waals surface area (Å²) in [7, 11) is 0. The number of piperidine rings is 1. The average Bonchev–Trinajstić information content (AvgIpc) is 3.28. The number of nitriles is 1. The lowest BCUT2D eigenvalue weighted by molar-refractivity contribution is 0.0712. The molecule has 0 unspecified atom stereocenters. The molecule has 2 heterocycles. The number of hydrogen-bond donors (Lipinski definition) is 1. The van der Waals surface area contributed by atoms with E-state index in [2.05, 4.69) is 36.2 Å². The largest absolute Gasteiger partial charge is 0.404 e. The molecule has 7 nitrogen and oxygen atoms in total. The molecule has 0 atom stereocenters. The van der Waals surface area contributed by atoms with Gasteiger partial charge in [0.15, 0.2) is 0 Å². The number of aromatic nitrogens is 2. The van der Waals surface area contributed by atoms with Gasteiger partial charge in [0.2, 0.25) is 5.89 Å². The Kier molecular flexibility index (Phi) is 6.22. The van der Waals surface area contributed by atoms with Gasteiger partial charge in [0.25, 0.3) is 5.91 Å². The number of nitrogens with zero attached hydrogens (tertiary/aromatic N) is 4. The number of rotatable bonds is 5. The Morgan fingerprint density at radius 3 is 2.50 bits per heavy atom. The molecule has 32 heavy (non-hydrogen) atoms. The Balaban J connectivity index is 1.59. The predicted molar refractivity (Wildman–Crippen MR) is 122 cm³/mol. The first-order chi connectivity index (χ1) is 15.5. The number of carbonyl (C=O) groups excluding carboxylic acids is 1. The van der Waals surface area contributed by atoms with Crippen molar-refractivity contribution in [2.24, 2.45) is 0 Å². The third kappa shape index (κ3) is 4.09. The molecule has 2 aromatic carbocycles. The summed E-state index contributed by atoms with van der Waals surface area (Å²) in [6, 6.07) is 14.0. The summed E-state index contributed by atoms with van der Waals surface area (Å²) in [5.41, 5.74) is 10.9. The molecule has 1 saturated heterocycles. The lowest BCUT2D eigenvalue weighted by Crippen LogP contribution is -2.38. The van der Waals surface area contributed by atoms with E-state index < -0.39 is 0 Å². The van der Waals surface area contributed by atoms with E-state index in [9.17, 15) is 10.1 Å². The number of nitrogens with two attached hydrogens (primary N) is 1. The van der Waals surface area contributed by atoms with E-state index in [0.29, 0.717) is 30.5 Å². The van der Waals surface area contributed by atoms with Crippen LogP contribution in [0.2, 0.25) is 0 Å². The Labute approximate surface area is 187 Å². The van der Waals surface area contributed by atoms with E-state index in [1.165, 1.54) is 0 Å². The molecule has 7 heteroatoms. The fourth-order valence-corrected chi connectivity index (χ4v) is 4.54. The van der Waals surface area contributed by atoms with Crippen molar-refractivity contribution in [3.05, 3.63) is 64.2 Å². The number of amides is 1. The quantitative estimate of drug-likeness (QED) is 0.646. The van der Waals surface area contributed by atoms with Crippen molar-refractivity contribution in [1.29, 1.82) is 5.26 Å². The predicted octanol–water partition coefficient (Wildman–Crippen LogP) is 4.34. The molecular formula is C25H27N5O2. The first-order valence-electron chi connectivity index (χ1n) is 11.1. The number of hydrogen-bond acceptors (Lipinski definition) is 6. The lowest BCUT2D eigenvalue weighted by atomic mass is 9.86. The van der Waals surface area contributed by atoms with Crippen molar-refractivity contribution in [3.8, 4) is 17.5 Å². The minimum atomic E-state index is 0.00854. The zero-order valence-electron chi connectivity index (χ0n) is 18.5. The van der Waals surface area contributed by atoms with Crippen LogP contribution < -0.4 is 5.73 Å². The van der Waals surface area contributed by atoms with Gasteiger partial charge in [-0.2, -0.15) is 5.26 Å². The first-order valence-corrected chi connectivity index (χ1v) is 11.1. The number of nitrogen functional groups attached to an aromatic ring is 1. The van der Waals surface area contributed by atoms with E-state index >= 15 is 0 Å². The highest BCUT2D eigenvalue weighted by atomic mass is 16.4. The van der Waals surface area contributed by atoms with E-state index in [0.717, 1.165) is 53.5 Å². The summed E-state index contributed by atoms with van der Waals surface area (Å²) in [4.78, 5) is 15.4. The minimum absolute atomic E-state index is 0.00854. The van der Waals surface area contributed by atoms with E-state index in [1.807, 2.05) is 35.2 Å². The molecule has 0 aliphatic carbocycles. The summed E-state index contributed by atoms with van der Waals surface area (Å²) in [6.45, 7) is 5.43. The van der Waals surface area contributed by atoms with Crippen molar-refractivity contribution in [2.45, 2.75) is 45.4 Å². The van der Waals surface area contributed by atoms with Crippen LogP contribution in [-0.4, -0.2) is 34.1 Å². The zero-order chi connectivity index (χ0) is 22.7. The van der Waals surface area contributed by atoms with Gasteiger partial charge in [0.1, 0.15) is 0 Å². The lowest BCUT2D eigenvalue weighted by Gasteiger charge is -2.33.